The first kappa shape index (κ1) is 22.8. The Bertz CT molecular complexity index is 1080. The van der Waals surface area contributed by atoms with Crippen LogP contribution in [0.4, 0.5) is 8.78 Å². The molecule has 0 amide bonds. The largest absolute Gasteiger partial charge is 0.493 e. The topological polar surface area (TPSA) is 54.0 Å². The first-order valence-corrected chi connectivity index (χ1v) is 9.70. The molecule has 0 radical (unpaired) electrons. The second-order valence-electron chi connectivity index (χ2n) is 6.63. The summed E-state index contributed by atoms with van der Waals surface area (Å²) in [5, 5.41) is 0. The fraction of sp³-hybridized carbons (Fsp3) is 0.160. The number of hydrogen-bond donors (Lipinski definition) is 0. The zero-order valence-electron chi connectivity index (χ0n) is 17.6. The minimum absolute atomic E-state index is 0.0473. The number of carbonyl (C=O) groups excluding carboxylic acids is 1. The maximum Gasteiger partial charge on any atom is 0.387 e. The molecule has 0 aliphatic heterocycles. The number of halogens is 2. The lowest BCUT2D eigenvalue weighted by atomic mass is 10.1. The van der Waals surface area contributed by atoms with Gasteiger partial charge >= 0.3 is 6.61 Å². The number of allylic oxidation sites excluding steroid dienone is 1. The summed E-state index contributed by atoms with van der Waals surface area (Å²) in [4.78, 5) is 12.5. The molecule has 5 nitrogen and oxygen atoms in total. The van der Waals surface area contributed by atoms with Gasteiger partial charge in [0, 0.05) is 5.56 Å². The number of alkyl halides is 2. The second kappa shape index (κ2) is 10.9. The van der Waals surface area contributed by atoms with Gasteiger partial charge in [-0.2, -0.15) is 8.78 Å². The van der Waals surface area contributed by atoms with Gasteiger partial charge in [0.2, 0.25) is 0 Å². The van der Waals surface area contributed by atoms with E-state index >= 15 is 0 Å². The van der Waals surface area contributed by atoms with Crippen LogP contribution in [0.3, 0.4) is 0 Å². The van der Waals surface area contributed by atoms with E-state index in [4.69, 9.17) is 14.2 Å². The highest BCUT2D eigenvalue weighted by molar-refractivity contribution is 6.07. The summed E-state index contributed by atoms with van der Waals surface area (Å²) < 4.78 is 45.6. The molecule has 0 heterocycles. The van der Waals surface area contributed by atoms with E-state index < -0.39 is 6.61 Å². The van der Waals surface area contributed by atoms with Crippen molar-refractivity contribution >= 4 is 11.9 Å². The minimum atomic E-state index is -2.99. The highest BCUT2D eigenvalue weighted by atomic mass is 19.3. The molecule has 0 saturated heterocycles. The van der Waals surface area contributed by atoms with Gasteiger partial charge in [-0.25, -0.2) is 0 Å². The fourth-order valence-corrected chi connectivity index (χ4v) is 2.92. The summed E-state index contributed by atoms with van der Waals surface area (Å²) >= 11 is 0. The number of benzene rings is 3. The quantitative estimate of drug-likeness (QED) is 0.295. The van der Waals surface area contributed by atoms with Crippen LogP contribution in [0.25, 0.3) is 6.08 Å². The van der Waals surface area contributed by atoms with Gasteiger partial charge in [0.25, 0.3) is 0 Å². The van der Waals surface area contributed by atoms with Gasteiger partial charge in [0.15, 0.2) is 28.8 Å². The smallest absolute Gasteiger partial charge is 0.387 e. The molecule has 166 valence electrons. The summed E-state index contributed by atoms with van der Waals surface area (Å²) in [6.45, 7) is -2.59. The zero-order chi connectivity index (χ0) is 22.9. The van der Waals surface area contributed by atoms with Crippen LogP contribution in [-0.2, 0) is 6.61 Å². The number of ketones is 1. The zero-order valence-corrected chi connectivity index (χ0v) is 17.6. The van der Waals surface area contributed by atoms with Gasteiger partial charge < -0.3 is 18.9 Å². The average molecular weight is 440 g/mol. The molecule has 0 fully saturated rings. The number of ether oxygens (including phenoxy) is 4. The van der Waals surface area contributed by atoms with Crippen LogP contribution in [0.15, 0.2) is 72.8 Å². The van der Waals surface area contributed by atoms with E-state index in [0.717, 1.165) is 11.1 Å². The number of rotatable bonds is 10. The summed E-state index contributed by atoms with van der Waals surface area (Å²) in [5.74, 6) is 0.699. The third kappa shape index (κ3) is 6.07. The highest BCUT2D eigenvalue weighted by Crippen LogP contribution is 2.31. The summed E-state index contributed by atoms with van der Waals surface area (Å²) in [6.07, 6.45) is 3.00. The van der Waals surface area contributed by atoms with Gasteiger partial charge in [0.1, 0.15) is 6.61 Å². The molecular weight excluding hydrogens is 418 g/mol. The molecule has 0 aliphatic rings. The lowest BCUT2D eigenvalue weighted by molar-refractivity contribution is -0.0512. The van der Waals surface area contributed by atoms with Gasteiger partial charge in [-0.3, -0.25) is 4.79 Å². The molecule has 0 aliphatic carbocycles. The molecule has 0 bridgehead atoms. The van der Waals surface area contributed by atoms with E-state index in [0.29, 0.717) is 18.1 Å². The van der Waals surface area contributed by atoms with Crippen molar-refractivity contribution in [3.8, 4) is 23.0 Å². The maximum absolute atomic E-state index is 12.5. The Hall–Kier alpha value is -3.87. The predicted octanol–water partition coefficient (Wildman–Crippen LogP) is 5.78. The first-order valence-electron chi connectivity index (χ1n) is 9.70. The van der Waals surface area contributed by atoms with Gasteiger partial charge in [0.05, 0.1) is 14.2 Å². The first-order chi connectivity index (χ1) is 15.5. The summed E-state index contributed by atoms with van der Waals surface area (Å²) in [6, 6.07) is 19.1. The van der Waals surface area contributed by atoms with Crippen LogP contribution in [0.2, 0.25) is 0 Å². The molecule has 3 rings (SSSR count). The standard InChI is InChI=1S/C25H22F2O5/c1-29-23-14-17(9-12-21(23)31-16-18-6-4-3-5-7-18)8-11-20(28)19-10-13-22(32-25(26)27)24(15-19)30-2/h3-15,25H,16H2,1-2H3/b11-8+. The Balaban J connectivity index is 1.70. The lowest BCUT2D eigenvalue weighted by Crippen LogP contribution is -2.04. The van der Waals surface area contributed by atoms with Crippen molar-refractivity contribution in [2.24, 2.45) is 0 Å². The molecule has 0 saturated carbocycles. The highest BCUT2D eigenvalue weighted by Gasteiger charge is 2.13. The minimum Gasteiger partial charge on any atom is -0.493 e. The Labute approximate surface area is 184 Å². The fourth-order valence-electron chi connectivity index (χ4n) is 2.92. The summed E-state index contributed by atoms with van der Waals surface area (Å²) in [7, 11) is 2.85. The third-order valence-electron chi connectivity index (χ3n) is 4.52. The Morgan fingerprint density at radius 3 is 2.25 bits per heavy atom. The van der Waals surface area contributed by atoms with Crippen LogP contribution in [-0.4, -0.2) is 26.6 Å². The SMILES string of the molecule is COc1cc(/C=C/C(=O)c2ccc(OC(F)F)c(OC)c2)ccc1OCc1ccccc1. The van der Waals surface area contributed by atoms with E-state index in [9.17, 15) is 13.6 Å². The molecule has 0 atom stereocenters. The van der Waals surface area contributed by atoms with Crippen LogP contribution in [0.1, 0.15) is 21.5 Å². The van der Waals surface area contributed by atoms with Crippen molar-refractivity contribution in [1.29, 1.82) is 0 Å². The van der Waals surface area contributed by atoms with Gasteiger partial charge in [-0.1, -0.05) is 42.5 Å². The molecule has 3 aromatic carbocycles. The molecular formula is C25H22F2O5. The second-order valence-corrected chi connectivity index (χ2v) is 6.63. The van der Waals surface area contributed by atoms with E-state index in [1.165, 1.54) is 31.4 Å². The van der Waals surface area contributed by atoms with Crippen molar-refractivity contribution < 1.29 is 32.5 Å². The van der Waals surface area contributed by atoms with E-state index in [-0.39, 0.29) is 22.8 Å². The monoisotopic (exact) mass is 440 g/mol. The molecule has 0 N–H and O–H groups in total. The third-order valence-corrected chi connectivity index (χ3v) is 4.52. The van der Waals surface area contributed by atoms with Crippen LogP contribution in [0.5, 0.6) is 23.0 Å². The normalized spacial score (nSPS) is 10.9. The Kier molecular flexibility index (Phi) is 7.80. The summed E-state index contributed by atoms with van der Waals surface area (Å²) in [5.41, 5.74) is 2.03. The number of methoxy groups -OCH3 is 2. The van der Waals surface area contributed by atoms with Gasteiger partial charge in [-0.15, -0.1) is 0 Å². The van der Waals surface area contributed by atoms with Crippen molar-refractivity contribution in [3.63, 3.8) is 0 Å². The van der Waals surface area contributed by atoms with Crippen molar-refractivity contribution in [3.05, 3.63) is 89.5 Å². The lowest BCUT2D eigenvalue weighted by Gasteiger charge is -2.11. The van der Waals surface area contributed by atoms with Crippen LogP contribution >= 0.6 is 0 Å². The van der Waals surface area contributed by atoms with Crippen molar-refractivity contribution in [1.82, 2.24) is 0 Å². The van der Waals surface area contributed by atoms with Gasteiger partial charge in [-0.05, 0) is 47.5 Å². The van der Waals surface area contributed by atoms with Crippen molar-refractivity contribution in [2.75, 3.05) is 14.2 Å². The van der Waals surface area contributed by atoms with Crippen LogP contribution < -0.4 is 18.9 Å². The number of hydrogen-bond acceptors (Lipinski definition) is 5. The van der Waals surface area contributed by atoms with E-state index in [2.05, 4.69) is 4.74 Å². The molecule has 0 aromatic heterocycles. The average Bonchev–Trinajstić information content (AvgIpc) is 2.81. The molecule has 7 heteroatoms. The molecule has 3 aromatic rings. The number of carbonyl (C=O) groups is 1. The van der Waals surface area contributed by atoms with E-state index in [1.807, 2.05) is 30.3 Å². The maximum atomic E-state index is 12.5. The van der Waals surface area contributed by atoms with E-state index in [1.54, 1.807) is 31.4 Å². The van der Waals surface area contributed by atoms with Crippen molar-refractivity contribution in [2.45, 2.75) is 13.2 Å². The molecule has 0 unspecified atom stereocenters. The molecule has 0 spiro atoms. The Morgan fingerprint density at radius 1 is 0.875 bits per heavy atom. The molecule has 32 heavy (non-hydrogen) atoms. The van der Waals surface area contributed by atoms with Crippen LogP contribution in [0, 0.1) is 0 Å². The predicted molar refractivity (Wildman–Crippen MR) is 117 cm³/mol. The Morgan fingerprint density at radius 2 is 1.56 bits per heavy atom.